The van der Waals surface area contributed by atoms with Gasteiger partial charge < -0.3 is 15.5 Å². The molecule has 120 valence electrons. The summed E-state index contributed by atoms with van der Waals surface area (Å²) in [6.45, 7) is 0.730. The van der Waals surface area contributed by atoms with E-state index in [4.69, 9.17) is 10.2 Å². The lowest BCUT2D eigenvalue weighted by Crippen LogP contribution is -2.24. The minimum absolute atomic E-state index is 0. The van der Waals surface area contributed by atoms with Crippen molar-refractivity contribution in [2.45, 2.75) is 19.4 Å². The average Bonchev–Trinajstić information content (AvgIpc) is 2.94. The van der Waals surface area contributed by atoms with E-state index in [0.29, 0.717) is 40.7 Å². The summed E-state index contributed by atoms with van der Waals surface area (Å²) in [6, 6.07) is 6.60. The number of halogens is 3. The molecule has 1 aromatic carbocycles. The highest BCUT2D eigenvalue weighted by molar-refractivity contribution is 9.10. The van der Waals surface area contributed by atoms with Crippen LogP contribution in [0.2, 0.25) is 0 Å². The number of amides is 1. The summed E-state index contributed by atoms with van der Waals surface area (Å²) >= 11 is 3.22. The summed E-state index contributed by atoms with van der Waals surface area (Å²) in [7, 11) is 0. The molecular weight excluding hydrogens is 375 g/mol. The zero-order valence-electron chi connectivity index (χ0n) is 11.8. The molecule has 4 nitrogen and oxygen atoms in total. The van der Waals surface area contributed by atoms with Gasteiger partial charge in [-0.3, -0.25) is 4.79 Å². The summed E-state index contributed by atoms with van der Waals surface area (Å²) in [5.41, 5.74) is 6.50. The number of aryl methyl sites for hydroxylation is 1. The molecule has 1 aromatic heterocycles. The molecule has 0 aliphatic heterocycles. The molecule has 0 spiro atoms. The topological polar surface area (TPSA) is 68.3 Å². The Balaban J connectivity index is 0.00000242. The third-order valence-corrected chi connectivity index (χ3v) is 3.53. The van der Waals surface area contributed by atoms with Gasteiger partial charge in [-0.1, -0.05) is 22.0 Å². The van der Waals surface area contributed by atoms with Crippen LogP contribution in [0.1, 0.15) is 28.1 Å². The Bertz CT molecular complexity index is 634. The Labute approximate surface area is 142 Å². The van der Waals surface area contributed by atoms with Crippen molar-refractivity contribution in [2.75, 3.05) is 6.54 Å². The van der Waals surface area contributed by atoms with Gasteiger partial charge in [0.1, 0.15) is 17.8 Å². The van der Waals surface area contributed by atoms with E-state index in [0.717, 1.165) is 0 Å². The quantitative estimate of drug-likeness (QED) is 0.741. The number of hydrogen-bond donors (Lipinski definition) is 2. The second-order valence-electron chi connectivity index (χ2n) is 4.60. The minimum Gasteiger partial charge on any atom is -0.467 e. The second-order valence-corrected chi connectivity index (χ2v) is 5.52. The number of nitrogens with two attached hydrogens (primary N) is 1. The number of hydrogen-bond acceptors (Lipinski definition) is 3. The lowest BCUT2D eigenvalue weighted by Gasteiger charge is -2.05. The summed E-state index contributed by atoms with van der Waals surface area (Å²) in [6.07, 6.45) is 2.61. The van der Waals surface area contributed by atoms with E-state index >= 15 is 0 Å². The number of carbonyl (C=O) groups excluding carboxylic acids is 1. The first-order valence-electron chi connectivity index (χ1n) is 6.59. The fraction of sp³-hybridized carbons (Fsp3) is 0.267. The van der Waals surface area contributed by atoms with Crippen LogP contribution in [-0.2, 0) is 13.0 Å². The van der Waals surface area contributed by atoms with Crippen molar-refractivity contribution >= 4 is 34.2 Å². The van der Waals surface area contributed by atoms with E-state index in [-0.39, 0.29) is 30.7 Å². The SMILES string of the molecule is Cl.NCc1cc(C(=O)NCCCc2ccc(Br)cc2F)co1. The number of rotatable bonds is 6. The number of carbonyl (C=O) groups is 1. The first-order valence-corrected chi connectivity index (χ1v) is 7.39. The molecule has 0 bridgehead atoms. The smallest absolute Gasteiger partial charge is 0.254 e. The molecule has 0 radical (unpaired) electrons. The van der Waals surface area contributed by atoms with E-state index in [2.05, 4.69) is 21.2 Å². The number of furan rings is 1. The van der Waals surface area contributed by atoms with Gasteiger partial charge in [-0.2, -0.15) is 0 Å². The molecule has 0 saturated carbocycles. The molecule has 0 fully saturated rings. The van der Waals surface area contributed by atoms with Gasteiger partial charge in [0.15, 0.2) is 0 Å². The van der Waals surface area contributed by atoms with Crippen LogP contribution in [0.3, 0.4) is 0 Å². The van der Waals surface area contributed by atoms with Crippen LogP contribution in [0, 0.1) is 5.82 Å². The van der Waals surface area contributed by atoms with Crippen molar-refractivity contribution in [3.8, 4) is 0 Å². The van der Waals surface area contributed by atoms with Crippen LogP contribution in [0.15, 0.2) is 39.4 Å². The van der Waals surface area contributed by atoms with Crippen molar-refractivity contribution < 1.29 is 13.6 Å². The highest BCUT2D eigenvalue weighted by Gasteiger charge is 2.09. The van der Waals surface area contributed by atoms with Gasteiger partial charge in [0.05, 0.1) is 12.1 Å². The molecule has 3 N–H and O–H groups in total. The largest absolute Gasteiger partial charge is 0.467 e. The molecule has 0 atom stereocenters. The maximum Gasteiger partial charge on any atom is 0.254 e. The van der Waals surface area contributed by atoms with Crippen molar-refractivity contribution in [1.82, 2.24) is 5.32 Å². The van der Waals surface area contributed by atoms with E-state index in [1.165, 1.54) is 12.3 Å². The van der Waals surface area contributed by atoms with Crippen LogP contribution >= 0.6 is 28.3 Å². The predicted octanol–water partition coefficient (Wildman–Crippen LogP) is 3.42. The van der Waals surface area contributed by atoms with Gasteiger partial charge in [-0.05, 0) is 36.6 Å². The monoisotopic (exact) mass is 390 g/mol. The van der Waals surface area contributed by atoms with Crippen molar-refractivity contribution in [3.05, 3.63) is 57.7 Å². The second kappa shape index (κ2) is 8.92. The Hall–Kier alpha value is -1.37. The zero-order valence-corrected chi connectivity index (χ0v) is 14.2. The Morgan fingerprint density at radius 3 is 2.77 bits per heavy atom. The van der Waals surface area contributed by atoms with Gasteiger partial charge in [0.2, 0.25) is 0 Å². The van der Waals surface area contributed by atoms with Crippen LogP contribution < -0.4 is 11.1 Å². The van der Waals surface area contributed by atoms with Crippen molar-refractivity contribution in [3.63, 3.8) is 0 Å². The third kappa shape index (κ3) is 5.12. The van der Waals surface area contributed by atoms with Gasteiger partial charge in [0.25, 0.3) is 5.91 Å². The first kappa shape index (κ1) is 18.7. The third-order valence-electron chi connectivity index (χ3n) is 3.04. The summed E-state index contributed by atoms with van der Waals surface area (Å²) in [4.78, 5) is 11.8. The molecule has 0 aliphatic rings. The predicted molar refractivity (Wildman–Crippen MR) is 88.6 cm³/mol. The van der Waals surface area contributed by atoms with E-state index in [1.807, 2.05) is 0 Å². The van der Waals surface area contributed by atoms with E-state index in [9.17, 15) is 9.18 Å². The summed E-state index contributed by atoms with van der Waals surface area (Å²) in [5, 5.41) is 2.77. The lowest BCUT2D eigenvalue weighted by atomic mass is 10.1. The number of nitrogens with one attached hydrogen (secondary N) is 1. The molecule has 2 aromatic rings. The first-order chi connectivity index (χ1) is 10.1. The molecule has 0 unspecified atom stereocenters. The normalized spacial score (nSPS) is 10.1. The van der Waals surface area contributed by atoms with Crippen molar-refractivity contribution in [1.29, 1.82) is 0 Å². The minimum atomic E-state index is -0.238. The standard InChI is InChI=1S/C15H16BrFN2O2.ClH/c16-12-4-3-10(14(17)7-12)2-1-5-19-15(20)11-6-13(8-18)21-9-11;/h3-4,6-7,9H,1-2,5,8,18H2,(H,19,20);1H. The molecule has 0 saturated heterocycles. The highest BCUT2D eigenvalue weighted by atomic mass is 79.9. The summed E-state index contributed by atoms with van der Waals surface area (Å²) < 4.78 is 19.4. The maximum atomic E-state index is 13.6. The Morgan fingerprint density at radius 1 is 1.36 bits per heavy atom. The fourth-order valence-corrected chi connectivity index (χ4v) is 2.25. The molecule has 1 heterocycles. The van der Waals surface area contributed by atoms with Crippen LogP contribution in [-0.4, -0.2) is 12.5 Å². The summed E-state index contributed by atoms with van der Waals surface area (Å²) in [5.74, 6) is 0.116. The van der Waals surface area contributed by atoms with Gasteiger partial charge in [0, 0.05) is 11.0 Å². The molecule has 2 rings (SSSR count). The Morgan fingerprint density at radius 2 is 2.14 bits per heavy atom. The van der Waals surface area contributed by atoms with Gasteiger partial charge in [-0.15, -0.1) is 12.4 Å². The van der Waals surface area contributed by atoms with Gasteiger partial charge >= 0.3 is 0 Å². The van der Waals surface area contributed by atoms with Crippen LogP contribution in [0.4, 0.5) is 4.39 Å². The molecule has 7 heteroatoms. The molecular formula is C15H17BrClFN2O2. The Kier molecular flexibility index (Phi) is 7.58. The maximum absolute atomic E-state index is 13.6. The fourth-order valence-electron chi connectivity index (χ4n) is 1.91. The van der Waals surface area contributed by atoms with Crippen LogP contribution in [0.5, 0.6) is 0 Å². The van der Waals surface area contributed by atoms with Crippen molar-refractivity contribution in [2.24, 2.45) is 5.73 Å². The van der Waals surface area contributed by atoms with E-state index in [1.54, 1.807) is 18.2 Å². The molecule has 0 aliphatic carbocycles. The average molecular weight is 392 g/mol. The zero-order chi connectivity index (χ0) is 15.2. The molecule has 22 heavy (non-hydrogen) atoms. The van der Waals surface area contributed by atoms with Gasteiger partial charge in [-0.25, -0.2) is 4.39 Å². The highest BCUT2D eigenvalue weighted by Crippen LogP contribution is 2.16. The van der Waals surface area contributed by atoms with E-state index < -0.39 is 0 Å². The van der Waals surface area contributed by atoms with Crippen LogP contribution in [0.25, 0.3) is 0 Å². The number of benzene rings is 1. The lowest BCUT2D eigenvalue weighted by molar-refractivity contribution is 0.0952. The molecule has 1 amide bonds.